The lowest BCUT2D eigenvalue weighted by Crippen LogP contribution is -2.17. The maximum atomic E-state index is 12.8. The van der Waals surface area contributed by atoms with Gasteiger partial charge in [-0.1, -0.05) is 38.1 Å². The maximum absolute atomic E-state index is 12.8. The lowest BCUT2D eigenvalue weighted by Gasteiger charge is -2.17. The Kier molecular flexibility index (Phi) is 6.16. The summed E-state index contributed by atoms with van der Waals surface area (Å²) in [4.78, 5) is 8.81. The summed E-state index contributed by atoms with van der Waals surface area (Å²) in [5, 5.41) is 13.8. The monoisotopic (exact) mass is 457 g/mol. The normalized spacial score (nSPS) is 18.8. The average molecular weight is 458 g/mol. The van der Waals surface area contributed by atoms with Gasteiger partial charge in [0.25, 0.3) is 10.0 Å². The number of sulfonamides is 1. The van der Waals surface area contributed by atoms with Crippen LogP contribution in [0.15, 0.2) is 47.6 Å². The Hall–Kier alpha value is -2.98. The summed E-state index contributed by atoms with van der Waals surface area (Å²) in [7, 11) is -2.28. The second kappa shape index (κ2) is 8.87. The van der Waals surface area contributed by atoms with E-state index in [1.807, 2.05) is 24.3 Å². The van der Waals surface area contributed by atoms with Crippen LogP contribution in [0.3, 0.4) is 0 Å². The zero-order chi connectivity index (χ0) is 22.9. The molecule has 0 aliphatic heterocycles. The molecular formula is C22H27N5O4S. The Morgan fingerprint density at radius 3 is 2.66 bits per heavy atom. The van der Waals surface area contributed by atoms with Gasteiger partial charge in [-0.25, -0.2) is 18.1 Å². The van der Waals surface area contributed by atoms with Crippen LogP contribution >= 0.6 is 0 Å². The summed E-state index contributed by atoms with van der Waals surface area (Å²) in [6, 6.07) is 9.56. The van der Waals surface area contributed by atoms with Crippen molar-refractivity contribution in [3.63, 3.8) is 0 Å². The number of anilines is 1. The molecule has 32 heavy (non-hydrogen) atoms. The third kappa shape index (κ3) is 4.91. The first-order chi connectivity index (χ1) is 15.2. The predicted molar refractivity (Wildman–Crippen MR) is 120 cm³/mol. The van der Waals surface area contributed by atoms with E-state index in [-0.39, 0.29) is 28.7 Å². The molecular weight excluding hydrogens is 430 g/mol. The van der Waals surface area contributed by atoms with Gasteiger partial charge in [-0.2, -0.15) is 10.1 Å². The topological polar surface area (TPSA) is 119 Å². The van der Waals surface area contributed by atoms with Gasteiger partial charge in [-0.05, 0) is 24.3 Å². The summed E-state index contributed by atoms with van der Waals surface area (Å²) in [5.41, 5.74) is 2.51. The molecule has 1 fully saturated rings. The molecule has 9 nitrogen and oxygen atoms in total. The average Bonchev–Trinajstić information content (AvgIpc) is 3.36. The van der Waals surface area contributed by atoms with Crippen LogP contribution in [0.4, 0.5) is 5.95 Å². The molecule has 1 saturated carbocycles. The first kappa shape index (κ1) is 22.2. The molecule has 10 heteroatoms. The van der Waals surface area contributed by atoms with Gasteiger partial charge in [-0.3, -0.25) is 4.68 Å². The number of rotatable bonds is 7. The van der Waals surface area contributed by atoms with Gasteiger partial charge in [-0.15, -0.1) is 0 Å². The predicted octanol–water partition coefficient (Wildman–Crippen LogP) is 3.09. The van der Waals surface area contributed by atoms with Crippen molar-refractivity contribution in [3.05, 3.63) is 48.3 Å². The van der Waals surface area contributed by atoms with Crippen LogP contribution < -0.4 is 9.46 Å². The van der Waals surface area contributed by atoms with E-state index in [1.54, 1.807) is 13.1 Å². The van der Waals surface area contributed by atoms with E-state index in [0.717, 1.165) is 11.1 Å². The molecule has 0 saturated heterocycles. The van der Waals surface area contributed by atoms with Gasteiger partial charge in [0.05, 0.1) is 18.0 Å². The molecule has 0 radical (unpaired) electrons. The highest BCUT2D eigenvalue weighted by atomic mass is 32.2. The number of aromatic nitrogens is 4. The summed E-state index contributed by atoms with van der Waals surface area (Å²) >= 11 is 0. The van der Waals surface area contributed by atoms with Gasteiger partial charge in [0, 0.05) is 31.3 Å². The fourth-order valence-electron chi connectivity index (χ4n) is 3.81. The van der Waals surface area contributed by atoms with Crippen LogP contribution in [0.5, 0.6) is 5.88 Å². The highest BCUT2D eigenvalue weighted by Gasteiger charge is 2.26. The number of aliphatic hydroxyl groups excluding tert-OH is 1. The Morgan fingerprint density at radius 1 is 1.22 bits per heavy atom. The molecule has 2 atom stereocenters. The number of benzene rings is 1. The molecule has 2 aromatic heterocycles. The first-order valence-electron chi connectivity index (χ1n) is 10.6. The van der Waals surface area contributed by atoms with E-state index < -0.39 is 16.1 Å². The minimum atomic E-state index is -3.92. The van der Waals surface area contributed by atoms with E-state index in [0.29, 0.717) is 25.0 Å². The molecule has 0 spiro atoms. The summed E-state index contributed by atoms with van der Waals surface area (Å²) in [6.45, 7) is 4.17. The van der Waals surface area contributed by atoms with E-state index >= 15 is 0 Å². The maximum Gasteiger partial charge on any atom is 0.267 e. The number of hydrogen-bond acceptors (Lipinski definition) is 7. The fourth-order valence-corrected chi connectivity index (χ4v) is 4.74. The van der Waals surface area contributed by atoms with Crippen molar-refractivity contribution >= 4 is 16.0 Å². The van der Waals surface area contributed by atoms with E-state index in [2.05, 4.69) is 33.6 Å². The highest BCUT2D eigenvalue weighted by molar-refractivity contribution is 7.92. The summed E-state index contributed by atoms with van der Waals surface area (Å²) in [6.07, 6.45) is 3.97. The highest BCUT2D eigenvalue weighted by Crippen LogP contribution is 2.32. The van der Waals surface area contributed by atoms with Crippen molar-refractivity contribution in [2.45, 2.75) is 56.1 Å². The third-order valence-corrected chi connectivity index (χ3v) is 6.71. The minimum Gasteiger partial charge on any atom is -0.474 e. The fraction of sp³-hybridized carbons (Fsp3) is 0.409. The number of aliphatic hydroxyl groups is 1. The van der Waals surface area contributed by atoms with E-state index in [9.17, 15) is 13.5 Å². The van der Waals surface area contributed by atoms with Crippen molar-refractivity contribution in [2.24, 2.45) is 7.05 Å². The van der Waals surface area contributed by atoms with Crippen molar-refractivity contribution in [1.29, 1.82) is 0 Å². The van der Waals surface area contributed by atoms with Crippen molar-refractivity contribution < 1.29 is 18.3 Å². The molecule has 1 aliphatic rings. The molecule has 4 rings (SSSR count). The van der Waals surface area contributed by atoms with Crippen LogP contribution in [0, 0.1) is 0 Å². The molecule has 2 heterocycles. The zero-order valence-electron chi connectivity index (χ0n) is 18.3. The van der Waals surface area contributed by atoms with E-state index in [4.69, 9.17) is 4.74 Å². The summed E-state index contributed by atoms with van der Waals surface area (Å²) < 4.78 is 35.5. The number of nitrogens with zero attached hydrogens (tertiary/aromatic N) is 4. The minimum absolute atomic E-state index is 0.0120. The standard InChI is InChI=1S/C22H27N5O4S/c1-14(2)18-6-4-5-7-19(18)20-11-21(31-16-9-8-15(28)10-16)25-22(24-20)26-32(29,30)17-12-23-27(3)13-17/h4-7,11-16,28H,8-10H2,1-3H3,(H,24,25,26)/t15-,16+/m0/s1. The first-order valence-corrected chi connectivity index (χ1v) is 12.0. The largest absolute Gasteiger partial charge is 0.474 e. The number of nitrogens with one attached hydrogen (secondary N) is 1. The molecule has 3 aromatic rings. The molecule has 0 bridgehead atoms. The second-order valence-electron chi connectivity index (χ2n) is 8.32. The Bertz CT molecular complexity index is 1210. The number of aryl methyl sites for hydroxylation is 1. The Labute approximate surface area is 187 Å². The Morgan fingerprint density at radius 2 is 2.00 bits per heavy atom. The summed E-state index contributed by atoms with van der Waals surface area (Å²) in [5.74, 6) is 0.418. The molecule has 1 aromatic carbocycles. The van der Waals surface area contributed by atoms with Crippen molar-refractivity contribution in [2.75, 3.05) is 4.72 Å². The zero-order valence-corrected chi connectivity index (χ0v) is 19.1. The number of ether oxygens (including phenoxy) is 1. The second-order valence-corrected chi connectivity index (χ2v) is 10.0. The van der Waals surface area contributed by atoms with Gasteiger partial charge < -0.3 is 9.84 Å². The molecule has 170 valence electrons. The Balaban J connectivity index is 1.74. The molecule has 0 unspecified atom stereocenters. The van der Waals surface area contributed by atoms with Crippen LogP contribution in [0.1, 0.15) is 44.6 Å². The van der Waals surface area contributed by atoms with Gasteiger partial charge in [0.15, 0.2) is 0 Å². The van der Waals surface area contributed by atoms with Gasteiger partial charge >= 0.3 is 0 Å². The van der Waals surface area contributed by atoms with Gasteiger partial charge in [0.2, 0.25) is 11.8 Å². The lowest BCUT2D eigenvalue weighted by molar-refractivity contribution is 0.147. The van der Waals surface area contributed by atoms with Crippen LogP contribution in [0.2, 0.25) is 0 Å². The third-order valence-electron chi connectivity index (χ3n) is 5.42. The van der Waals surface area contributed by atoms with Crippen molar-refractivity contribution in [1.82, 2.24) is 19.7 Å². The quantitative estimate of drug-likeness (QED) is 0.559. The molecule has 2 N–H and O–H groups in total. The molecule has 0 amide bonds. The molecule has 1 aliphatic carbocycles. The van der Waals surface area contributed by atoms with Crippen LogP contribution in [-0.2, 0) is 17.1 Å². The lowest BCUT2D eigenvalue weighted by atomic mass is 9.95. The van der Waals surface area contributed by atoms with E-state index in [1.165, 1.54) is 17.1 Å². The van der Waals surface area contributed by atoms with Crippen LogP contribution in [0.25, 0.3) is 11.3 Å². The van der Waals surface area contributed by atoms with Crippen molar-refractivity contribution in [3.8, 4) is 17.1 Å². The number of hydrogen-bond donors (Lipinski definition) is 2. The van der Waals surface area contributed by atoms with Gasteiger partial charge in [0.1, 0.15) is 11.0 Å². The SMILES string of the molecule is CC(C)c1ccccc1-c1cc(O[C@@H]2CC[C@H](O)C2)nc(NS(=O)(=O)c2cnn(C)c2)n1. The smallest absolute Gasteiger partial charge is 0.267 e. The van der Waals surface area contributed by atoms with Crippen LogP contribution in [-0.4, -0.2) is 45.5 Å².